The Morgan fingerprint density at radius 1 is 1.22 bits per heavy atom. The number of fused-ring (bicyclic) bond motifs is 1. The van der Waals surface area contributed by atoms with E-state index in [1.807, 2.05) is 51.1 Å². The van der Waals surface area contributed by atoms with E-state index in [-0.39, 0.29) is 24.4 Å². The zero-order valence-electron chi connectivity index (χ0n) is 15.9. The van der Waals surface area contributed by atoms with Crippen LogP contribution in [-0.4, -0.2) is 37.3 Å². The molecule has 0 aliphatic carbocycles. The smallest absolute Gasteiger partial charge is 0.328 e. The summed E-state index contributed by atoms with van der Waals surface area (Å²) in [6, 6.07) is 9.76. The lowest BCUT2D eigenvalue weighted by molar-refractivity contribution is 0.271. The highest BCUT2D eigenvalue weighted by Crippen LogP contribution is 2.22. The molecule has 0 saturated carbocycles. The number of hydrogen-bond acceptors (Lipinski definition) is 6. The molecule has 0 fully saturated rings. The number of nitrogens with zero attached hydrogens (tertiary/aromatic N) is 3. The van der Waals surface area contributed by atoms with Gasteiger partial charge in [-0.05, 0) is 25.8 Å². The Bertz CT molecular complexity index is 944. The van der Waals surface area contributed by atoms with Gasteiger partial charge in [0.05, 0.1) is 12.6 Å². The number of imidazole rings is 1. The molecule has 4 N–H and O–H groups in total. The Morgan fingerprint density at radius 3 is 2.59 bits per heavy atom. The molecule has 0 aliphatic heterocycles. The van der Waals surface area contributed by atoms with Crippen LogP contribution >= 0.6 is 0 Å². The van der Waals surface area contributed by atoms with Gasteiger partial charge in [0, 0.05) is 12.6 Å². The molecule has 0 saturated heterocycles. The predicted octanol–water partition coefficient (Wildman–Crippen LogP) is 2.50. The lowest BCUT2D eigenvalue weighted by Gasteiger charge is -2.16. The van der Waals surface area contributed by atoms with Crippen molar-refractivity contribution in [3.8, 4) is 0 Å². The van der Waals surface area contributed by atoms with E-state index >= 15 is 0 Å². The molecule has 8 nitrogen and oxygen atoms in total. The van der Waals surface area contributed by atoms with Crippen LogP contribution in [0, 0.1) is 0 Å². The third-order valence-corrected chi connectivity index (χ3v) is 4.43. The highest BCUT2D eigenvalue weighted by Gasteiger charge is 2.18. The third kappa shape index (κ3) is 4.11. The average molecular weight is 370 g/mol. The van der Waals surface area contributed by atoms with E-state index in [1.165, 1.54) is 0 Å². The van der Waals surface area contributed by atoms with E-state index in [0.29, 0.717) is 29.5 Å². The Labute approximate surface area is 157 Å². The first kappa shape index (κ1) is 18.9. The van der Waals surface area contributed by atoms with Crippen molar-refractivity contribution in [2.75, 3.05) is 17.2 Å². The van der Waals surface area contributed by atoms with Gasteiger partial charge in [-0.25, -0.2) is 4.79 Å². The minimum absolute atomic E-state index is 0.0191. The number of aromatic amines is 1. The summed E-state index contributed by atoms with van der Waals surface area (Å²) in [5.74, 6) is 0.933. The lowest BCUT2D eigenvalue weighted by atomic mass is 10.2. The summed E-state index contributed by atoms with van der Waals surface area (Å²) in [6.45, 7) is 6.39. The number of nitrogens with one attached hydrogen (secondary N) is 3. The minimum Gasteiger partial charge on any atom is -0.394 e. The van der Waals surface area contributed by atoms with E-state index < -0.39 is 0 Å². The molecular weight excluding hydrogens is 344 g/mol. The number of aliphatic hydroxyl groups excluding tert-OH is 1. The van der Waals surface area contributed by atoms with Crippen LogP contribution in [0.15, 0.2) is 35.1 Å². The normalized spacial score (nSPS) is 12.5. The second kappa shape index (κ2) is 8.22. The number of anilines is 2. The van der Waals surface area contributed by atoms with Crippen molar-refractivity contribution in [1.82, 2.24) is 19.5 Å². The van der Waals surface area contributed by atoms with Gasteiger partial charge < -0.3 is 20.7 Å². The maximum Gasteiger partial charge on any atom is 0.328 e. The van der Waals surface area contributed by atoms with Crippen molar-refractivity contribution in [2.45, 2.75) is 45.8 Å². The number of aromatic nitrogens is 4. The SMILES string of the molecule is CC[C@@H](CO)Nc1nc(NCc2ccccc2)c2[nH]c(=O)n(C(C)C)c2n1. The summed E-state index contributed by atoms with van der Waals surface area (Å²) in [5.41, 5.74) is 2.00. The maximum atomic E-state index is 12.4. The van der Waals surface area contributed by atoms with Crippen molar-refractivity contribution in [3.05, 3.63) is 46.4 Å². The number of aliphatic hydroxyl groups is 1. The molecule has 0 radical (unpaired) electrons. The van der Waals surface area contributed by atoms with Crippen LogP contribution in [0.3, 0.4) is 0 Å². The van der Waals surface area contributed by atoms with Gasteiger partial charge in [0.15, 0.2) is 11.5 Å². The number of hydrogen-bond donors (Lipinski definition) is 4. The van der Waals surface area contributed by atoms with Crippen LogP contribution in [0.2, 0.25) is 0 Å². The largest absolute Gasteiger partial charge is 0.394 e. The van der Waals surface area contributed by atoms with Crippen LogP contribution in [0.25, 0.3) is 11.2 Å². The fourth-order valence-electron chi connectivity index (χ4n) is 2.91. The van der Waals surface area contributed by atoms with Gasteiger partial charge in [-0.15, -0.1) is 0 Å². The van der Waals surface area contributed by atoms with Crippen LogP contribution in [0.5, 0.6) is 0 Å². The summed E-state index contributed by atoms with van der Waals surface area (Å²) in [7, 11) is 0. The Balaban J connectivity index is 2.03. The Hall–Kier alpha value is -2.87. The second-order valence-electron chi connectivity index (χ2n) is 6.76. The molecule has 0 spiro atoms. The predicted molar refractivity (Wildman–Crippen MR) is 107 cm³/mol. The molecule has 144 valence electrons. The average Bonchev–Trinajstić information content (AvgIpc) is 3.01. The van der Waals surface area contributed by atoms with E-state index in [9.17, 15) is 9.90 Å². The summed E-state index contributed by atoms with van der Waals surface area (Å²) in [6.07, 6.45) is 0.731. The quantitative estimate of drug-likeness (QED) is 0.485. The monoisotopic (exact) mass is 370 g/mol. The topological polar surface area (TPSA) is 108 Å². The van der Waals surface area contributed by atoms with Crippen LogP contribution < -0.4 is 16.3 Å². The minimum atomic E-state index is -0.219. The van der Waals surface area contributed by atoms with Crippen molar-refractivity contribution in [2.24, 2.45) is 0 Å². The first-order valence-corrected chi connectivity index (χ1v) is 9.20. The van der Waals surface area contributed by atoms with Gasteiger partial charge in [-0.1, -0.05) is 37.3 Å². The summed E-state index contributed by atoms with van der Waals surface area (Å²) >= 11 is 0. The molecule has 8 heteroatoms. The molecular formula is C19H26N6O2. The Kier molecular flexibility index (Phi) is 5.75. The lowest BCUT2D eigenvalue weighted by Crippen LogP contribution is -2.24. The van der Waals surface area contributed by atoms with Crippen LogP contribution in [0.4, 0.5) is 11.8 Å². The zero-order valence-corrected chi connectivity index (χ0v) is 15.9. The van der Waals surface area contributed by atoms with E-state index in [1.54, 1.807) is 4.57 Å². The molecule has 0 bridgehead atoms. The van der Waals surface area contributed by atoms with Crippen molar-refractivity contribution in [3.63, 3.8) is 0 Å². The molecule has 3 rings (SSSR count). The van der Waals surface area contributed by atoms with Gasteiger partial charge in [-0.2, -0.15) is 9.97 Å². The fourth-order valence-corrected chi connectivity index (χ4v) is 2.91. The molecule has 0 amide bonds. The van der Waals surface area contributed by atoms with Crippen LogP contribution in [-0.2, 0) is 6.54 Å². The van der Waals surface area contributed by atoms with Gasteiger partial charge >= 0.3 is 5.69 Å². The van der Waals surface area contributed by atoms with Gasteiger partial charge in [0.25, 0.3) is 0 Å². The first-order valence-electron chi connectivity index (χ1n) is 9.20. The van der Waals surface area contributed by atoms with E-state index in [4.69, 9.17) is 0 Å². The number of H-pyrrole nitrogens is 1. The molecule has 0 aliphatic rings. The van der Waals surface area contributed by atoms with Gasteiger partial charge in [-0.3, -0.25) is 4.57 Å². The van der Waals surface area contributed by atoms with Crippen molar-refractivity contribution < 1.29 is 5.11 Å². The third-order valence-electron chi connectivity index (χ3n) is 4.43. The fraction of sp³-hybridized carbons (Fsp3) is 0.421. The summed E-state index contributed by atoms with van der Waals surface area (Å²) < 4.78 is 1.61. The molecule has 2 aromatic heterocycles. The molecule has 1 atom stereocenters. The number of benzene rings is 1. The standard InChI is InChI=1S/C19H26N6O2/c1-4-14(11-26)21-18-23-16(20-10-13-8-6-5-7-9-13)15-17(24-18)25(12(2)3)19(27)22-15/h5-9,12,14,26H,4,10-11H2,1-3H3,(H,22,27)(H2,20,21,23,24)/t14-/m0/s1. The van der Waals surface area contributed by atoms with Crippen LogP contribution in [0.1, 0.15) is 38.8 Å². The highest BCUT2D eigenvalue weighted by atomic mass is 16.3. The van der Waals surface area contributed by atoms with E-state index in [2.05, 4.69) is 25.6 Å². The zero-order chi connectivity index (χ0) is 19.4. The first-order chi connectivity index (χ1) is 13.0. The molecule has 1 aromatic carbocycles. The summed E-state index contributed by atoms with van der Waals surface area (Å²) in [5, 5.41) is 15.9. The van der Waals surface area contributed by atoms with Crippen molar-refractivity contribution in [1.29, 1.82) is 0 Å². The van der Waals surface area contributed by atoms with E-state index in [0.717, 1.165) is 12.0 Å². The number of rotatable bonds is 8. The summed E-state index contributed by atoms with van der Waals surface area (Å²) in [4.78, 5) is 24.3. The Morgan fingerprint density at radius 2 is 1.96 bits per heavy atom. The van der Waals surface area contributed by atoms with Crippen molar-refractivity contribution >= 4 is 22.9 Å². The molecule has 0 unspecified atom stereocenters. The van der Waals surface area contributed by atoms with Gasteiger partial charge in [0.2, 0.25) is 5.95 Å². The maximum absolute atomic E-state index is 12.4. The molecule has 27 heavy (non-hydrogen) atoms. The van der Waals surface area contributed by atoms with Gasteiger partial charge in [0.1, 0.15) is 5.52 Å². The molecule has 3 aromatic rings. The highest BCUT2D eigenvalue weighted by molar-refractivity contribution is 5.84. The molecule has 2 heterocycles. The second-order valence-corrected chi connectivity index (χ2v) is 6.76.